The Hall–Kier alpha value is -2.55. The van der Waals surface area contributed by atoms with Gasteiger partial charge in [0.15, 0.2) is 11.9 Å². The number of halogens is 1. The van der Waals surface area contributed by atoms with Gasteiger partial charge in [0, 0.05) is 24.9 Å². The van der Waals surface area contributed by atoms with Crippen LogP contribution in [0.3, 0.4) is 0 Å². The lowest BCUT2D eigenvalue weighted by molar-refractivity contribution is -0.116. The quantitative estimate of drug-likeness (QED) is 0.642. The molecule has 0 bridgehead atoms. The molecule has 2 saturated heterocycles. The predicted octanol–water partition coefficient (Wildman–Crippen LogP) is 3.20. The Morgan fingerprint density at radius 3 is 2.57 bits per heavy atom. The van der Waals surface area contributed by atoms with Crippen molar-refractivity contribution in [3.05, 3.63) is 66.7 Å². The molecule has 6 nitrogen and oxygen atoms in total. The van der Waals surface area contributed by atoms with E-state index in [2.05, 4.69) is 4.98 Å². The van der Waals surface area contributed by atoms with Crippen LogP contribution in [0, 0.1) is 0 Å². The van der Waals surface area contributed by atoms with Gasteiger partial charge in [-0.15, -0.1) is 0 Å². The summed E-state index contributed by atoms with van der Waals surface area (Å²) in [6.45, 7) is 0.797. The van der Waals surface area contributed by atoms with E-state index in [1.807, 2.05) is 41.3 Å². The average Bonchev–Trinajstić information content (AvgIpc) is 3.21. The lowest BCUT2D eigenvalue weighted by Gasteiger charge is -2.45. The smallest absolute Gasteiger partial charge is 0.245 e. The number of nitrogens with zero attached hydrogens (tertiary/aromatic N) is 3. The molecule has 5 rings (SSSR count). The molecule has 8 heteroatoms. The Bertz CT molecular complexity index is 1170. The molecule has 0 N–H and O–H groups in total. The van der Waals surface area contributed by atoms with Gasteiger partial charge in [-0.2, -0.15) is 4.31 Å². The summed E-state index contributed by atoms with van der Waals surface area (Å²) in [6, 6.07) is 19.8. The molecule has 156 valence electrons. The number of rotatable bonds is 3. The van der Waals surface area contributed by atoms with Crippen LogP contribution in [0.2, 0.25) is 0 Å². The van der Waals surface area contributed by atoms with Crippen molar-refractivity contribution in [2.75, 3.05) is 31.1 Å². The Morgan fingerprint density at radius 2 is 1.77 bits per heavy atom. The van der Waals surface area contributed by atoms with Crippen molar-refractivity contribution < 1.29 is 17.5 Å². The fourth-order valence-corrected chi connectivity index (χ4v) is 6.11. The van der Waals surface area contributed by atoms with E-state index >= 15 is 4.39 Å². The number of fused-ring (bicyclic) bond motifs is 1. The molecule has 2 aromatic carbocycles. The summed E-state index contributed by atoms with van der Waals surface area (Å²) in [5.41, 5.74) is -0.627. The van der Waals surface area contributed by atoms with Gasteiger partial charge in [0.2, 0.25) is 10.0 Å². The number of sulfonamides is 1. The molecule has 2 atom stereocenters. The highest BCUT2D eigenvalue weighted by Crippen LogP contribution is 2.40. The molecule has 0 radical (unpaired) electrons. The zero-order valence-corrected chi connectivity index (χ0v) is 17.1. The van der Waals surface area contributed by atoms with Gasteiger partial charge in [0.1, 0.15) is 5.82 Å². The third-order valence-corrected chi connectivity index (χ3v) is 7.86. The van der Waals surface area contributed by atoms with Crippen LogP contribution in [0.15, 0.2) is 71.6 Å². The second-order valence-corrected chi connectivity index (χ2v) is 9.47. The molecule has 3 heterocycles. The summed E-state index contributed by atoms with van der Waals surface area (Å²) in [5.74, 6) is 0.682. The van der Waals surface area contributed by atoms with Gasteiger partial charge in [0.05, 0.1) is 23.6 Å². The summed E-state index contributed by atoms with van der Waals surface area (Å²) in [5, 5.41) is 1.02. The molecule has 0 amide bonds. The van der Waals surface area contributed by atoms with Gasteiger partial charge >= 0.3 is 0 Å². The number of alkyl halides is 1. The molecule has 1 aromatic heterocycles. The summed E-state index contributed by atoms with van der Waals surface area (Å²) in [4.78, 5) is 6.66. The van der Waals surface area contributed by atoms with Gasteiger partial charge in [-0.25, -0.2) is 17.8 Å². The molecule has 2 aliphatic heterocycles. The molecular weight excluding hydrogens is 405 g/mol. The fourth-order valence-electron chi connectivity index (χ4n) is 4.37. The largest absolute Gasteiger partial charge is 0.355 e. The van der Waals surface area contributed by atoms with Crippen molar-refractivity contribution in [2.24, 2.45) is 0 Å². The number of para-hydroxylation sites is 1. The van der Waals surface area contributed by atoms with E-state index < -0.39 is 21.9 Å². The van der Waals surface area contributed by atoms with Crippen LogP contribution in [-0.4, -0.2) is 55.8 Å². The lowest BCUT2D eigenvalue weighted by atomic mass is 9.98. The first-order valence-corrected chi connectivity index (χ1v) is 11.4. The third-order valence-electron chi connectivity index (χ3n) is 5.92. The first-order valence-electron chi connectivity index (χ1n) is 9.97. The van der Waals surface area contributed by atoms with Gasteiger partial charge in [-0.05, 0) is 30.3 Å². The van der Waals surface area contributed by atoms with Crippen molar-refractivity contribution >= 4 is 26.7 Å². The fraction of sp³-hybridized carbons (Fsp3) is 0.318. The first-order chi connectivity index (χ1) is 14.5. The minimum Gasteiger partial charge on any atom is -0.355 e. The zero-order chi connectivity index (χ0) is 20.8. The normalized spacial score (nSPS) is 25.2. The van der Waals surface area contributed by atoms with E-state index in [0.717, 1.165) is 10.9 Å². The number of anilines is 1. The maximum Gasteiger partial charge on any atom is 0.245 e. The van der Waals surface area contributed by atoms with E-state index in [4.69, 9.17) is 4.74 Å². The van der Waals surface area contributed by atoms with Crippen LogP contribution in [0.4, 0.5) is 10.2 Å². The van der Waals surface area contributed by atoms with Gasteiger partial charge in [0.25, 0.3) is 0 Å². The summed E-state index contributed by atoms with van der Waals surface area (Å²) in [7, 11) is -3.86. The monoisotopic (exact) mass is 427 g/mol. The van der Waals surface area contributed by atoms with Crippen LogP contribution in [-0.2, 0) is 14.8 Å². The number of pyridine rings is 1. The summed E-state index contributed by atoms with van der Waals surface area (Å²) < 4.78 is 49.0. The highest BCUT2D eigenvalue weighted by molar-refractivity contribution is 7.89. The lowest BCUT2D eigenvalue weighted by Crippen LogP contribution is -2.62. The number of ether oxygens (including phenoxy) is 1. The first kappa shape index (κ1) is 19.4. The standard InChI is InChI=1S/C22H22FN3O3S/c23-20-16-25(21-11-10-17-6-4-5-9-19(17)24-21)13-12-22(20)26(14-15-29-22)30(27,28)18-7-2-1-3-8-18/h1-11,20H,12-16H2. The van der Waals surface area contributed by atoms with Crippen molar-refractivity contribution in [1.29, 1.82) is 0 Å². The van der Waals surface area contributed by atoms with E-state index in [0.29, 0.717) is 12.4 Å². The van der Waals surface area contributed by atoms with E-state index in [1.165, 1.54) is 16.4 Å². The van der Waals surface area contributed by atoms with E-state index in [9.17, 15) is 8.42 Å². The molecule has 2 unspecified atom stereocenters. The highest BCUT2D eigenvalue weighted by atomic mass is 32.2. The second-order valence-electron chi connectivity index (χ2n) is 7.61. The Balaban J connectivity index is 1.42. The molecule has 2 aliphatic rings. The highest BCUT2D eigenvalue weighted by Gasteiger charge is 2.56. The molecule has 2 fully saturated rings. The minimum atomic E-state index is -3.86. The number of hydrogen-bond acceptors (Lipinski definition) is 5. The number of benzene rings is 2. The number of piperidine rings is 1. The van der Waals surface area contributed by atoms with Crippen molar-refractivity contribution in [2.45, 2.75) is 23.2 Å². The van der Waals surface area contributed by atoms with Crippen molar-refractivity contribution in [1.82, 2.24) is 9.29 Å². The molecular formula is C22H22FN3O3S. The maximum atomic E-state index is 15.6. The van der Waals surface area contributed by atoms with Gasteiger partial charge in [-0.3, -0.25) is 0 Å². The second kappa shape index (κ2) is 7.30. The van der Waals surface area contributed by atoms with Crippen molar-refractivity contribution in [3.63, 3.8) is 0 Å². The van der Waals surface area contributed by atoms with Crippen LogP contribution in [0.5, 0.6) is 0 Å². The Kier molecular flexibility index (Phi) is 4.72. The van der Waals surface area contributed by atoms with Crippen LogP contribution in [0.25, 0.3) is 10.9 Å². The van der Waals surface area contributed by atoms with E-state index in [-0.39, 0.29) is 31.0 Å². The minimum absolute atomic E-state index is 0.0200. The summed E-state index contributed by atoms with van der Waals surface area (Å²) >= 11 is 0. The average molecular weight is 428 g/mol. The predicted molar refractivity (Wildman–Crippen MR) is 112 cm³/mol. The van der Waals surface area contributed by atoms with Crippen LogP contribution in [0.1, 0.15) is 6.42 Å². The molecule has 30 heavy (non-hydrogen) atoms. The maximum absolute atomic E-state index is 15.6. The van der Waals surface area contributed by atoms with Crippen LogP contribution < -0.4 is 4.90 Å². The Labute approximate surface area is 174 Å². The molecule has 0 aliphatic carbocycles. The zero-order valence-electron chi connectivity index (χ0n) is 16.3. The topological polar surface area (TPSA) is 62.7 Å². The van der Waals surface area contributed by atoms with E-state index in [1.54, 1.807) is 18.2 Å². The summed E-state index contributed by atoms with van der Waals surface area (Å²) in [6.07, 6.45) is -1.27. The number of hydrogen-bond donors (Lipinski definition) is 0. The third kappa shape index (κ3) is 3.07. The van der Waals surface area contributed by atoms with Gasteiger partial charge in [-0.1, -0.05) is 36.4 Å². The molecule has 1 spiro atoms. The SMILES string of the molecule is O=S(=O)(c1ccccc1)N1CCOC12CCN(c1ccc3ccccc3n1)CC2F. The molecule has 0 saturated carbocycles. The van der Waals surface area contributed by atoms with Crippen molar-refractivity contribution in [3.8, 4) is 0 Å². The van der Waals surface area contributed by atoms with Gasteiger partial charge < -0.3 is 9.64 Å². The molecule has 3 aromatic rings. The Morgan fingerprint density at radius 1 is 1.00 bits per heavy atom. The number of aromatic nitrogens is 1. The van der Waals surface area contributed by atoms with Crippen LogP contribution >= 0.6 is 0 Å².